The maximum atomic E-state index is 12.7. The van der Waals surface area contributed by atoms with E-state index in [-0.39, 0.29) is 5.91 Å². The van der Waals surface area contributed by atoms with Crippen molar-refractivity contribution in [2.75, 3.05) is 13.2 Å². The standard InChI is InChI=1S/C29H28N4O2/c1-2-35-24-13-14-25-26(19-30)28(33(27(25)18-24)23-7-5-8-23)20-9-11-21(12-10-20)29(34)32-17-15-22-6-3-4-16-31-22/h3-4,6,9-14,16,18,23H,2,5,7-8,15,17H2,1H3,(H,32,34). The molecule has 0 aliphatic heterocycles. The molecule has 0 spiro atoms. The van der Waals surface area contributed by atoms with Crippen LogP contribution >= 0.6 is 0 Å². The van der Waals surface area contributed by atoms with Crippen molar-refractivity contribution in [2.45, 2.75) is 38.6 Å². The van der Waals surface area contributed by atoms with Crippen LogP contribution < -0.4 is 10.1 Å². The number of nitriles is 1. The first-order valence-corrected chi connectivity index (χ1v) is 12.2. The quantitative estimate of drug-likeness (QED) is 0.364. The number of benzene rings is 2. The van der Waals surface area contributed by atoms with Crippen LogP contribution in [0.1, 0.15) is 53.8 Å². The molecule has 1 aliphatic rings. The van der Waals surface area contributed by atoms with Gasteiger partial charge >= 0.3 is 0 Å². The van der Waals surface area contributed by atoms with Crippen LogP contribution in [0.5, 0.6) is 5.75 Å². The second-order valence-electron chi connectivity index (χ2n) is 8.81. The Morgan fingerprint density at radius 2 is 2.00 bits per heavy atom. The zero-order valence-electron chi connectivity index (χ0n) is 19.8. The average Bonchev–Trinajstić information content (AvgIpc) is 3.17. The second-order valence-corrected chi connectivity index (χ2v) is 8.81. The van der Waals surface area contributed by atoms with Crippen LogP contribution in [-0.2, 0) is 6.42 Å². The van der Waals surface area contributed by atoms with Gasteiger partial charge in [0.1, 0.15) is 11.8 Å². The summed E-state index contributed by atoms with van der Waals surface area (Å²) < 4.78 is 8.05. The molecule has 1 saturated carbocycles. The van der Waals surface area contributed by atoms with E-state index in [1.807, 2.05) is 67.6 Å². The Kier molecular flexibility index (Phi) is 6.49. The van der Waals surface area contributed by atoms with E-state index in [9.17, 15) is 10.1 Å². The Hall–Kier alpha value is -4.11. The number of pyridine rings is 1. The Bertz CT molecular complexity index is 1380. The zero-order valence-corrected chi connectivity index (χ0v) is 19.8. The molecule has 0 bridgehead atoms. The van der Waals surface area contributed by atoms with Crippen LogP contribution in [0.4, 0.5) is 0 Å². The highest BCUT2D eigenvalue weighted by Gasteiger charge is 2.28. The second kappa shape index (κ2) is 10.0. The van der Waals surface area contributed by atoms with Gasteiger partial charge in [0.05, 0.1) is 23.4 Å². The molecule has 1 fully saturated rings. The lowest BCUT2D eigenvalue weighted by Crippen LogP contribution is -2.25. The van der Waals surface area contributed by atoms with Gasteiger partial charge in [0.25, 0.3) is 5.91 Å². The smallest absolute Gasteiger partial charge is 0.251 e. The highest BCUT2D eigenvalue weighted by Crippen LogP contribution is 2.43. The van der Waals surface area contributed by atoms with Crippen LogP contribution in [0.3, 0.4) is 0 Å². The molecule has 2 aromatic carbocycles. The lowest BCUT2D eigenvalue weighted by Gasteiger charge is -2.30. The number of carbonyl (C=O) groups excluding carboxylic acids is 1. The number of aromatic nitrogens is 2. The van der Waals surface area contributed by atoms with Gasteiger partial charge in [0, 0.05) is 47.9 Å². The number of ether oxygens (including phenoxy) is 1. The molecular formula is C29H28N4O2. The monoisotopic (exact) mass is 464 g/mol. The van der Waals surface area contributed by atoms with Crippen molar-refractivity contribution in [1.29, 1.82) is 5.26 Å². The number of fused-ring (bicyclic) bond motifs is 1. The Morgan fingerprint density at radius 3 is 2.66 bits per heavy atom. The highest BCUT2D eigenvalue weighted by molar-refractivity contribution is 5.97. The van der Waals surface area contributed by atoms with E-state index >= 15 is 0 Å². The summed E-state index contributed by atoms with van der Waals surface area (Å²) in [7, 11) is 0. The third-order valence-corrected chi connectivity index (χ3v) is 6.65. The molecule has 35 heavy (non-hydrogen) atoms. The van der Waals surface area contributed by atoms with Gasteiger partial charge in [-0.2, -0.15) is 5.26 Å². The van der Waals surface area contributed by atoms with Gasteiger partial charge in [-0.25, -0.2) is 0 Å². The van der Waals surface area contributed by atoms with Crippen molar-refractivity contribution in [1.82, 2.24) is 14.9 Å². The molecule has 176 valence electrons. The first-order valence-electron chi connectivity index (χ1n) is 12.2. The van der Waals surface area contributed by atoms with Crippen molar-refractivity contribution in [3.8, 4) is 23.1 Å². The topological polar surface area (TPSA) is 79.9 Å². The molecule has 0 unspecified atom stereocenters. The number of amides is 1. The van der Waals surface area contributed by atoms with Gasteiger partial charge in [-0.3, -0.25) is 9.78 Å². The third kappa shape index (κ3) is 4.50. The van der Waals surface area contributed by atoms with E-state index in [2.05, 4.69) is 20.9 Å². The third-order valence-electron chi connectivity index (χ3n) is 6.65. The van der Waals surface area contributed by atoms with Crippen molar-refractivity contribution in [2.24, 2.45) is 0 Å². The van der Waals surface area contributed by atoms with Crippen LogP contribution in [0, 0.1) is 11.3 Å². The minimum atomic E-state index is -0.117. The highest BCUT2D eigenvalue weighted by atomic mass is 16.5. The number of nitrogens with zero attached hydrogens (tertiary/aromatic N) is 3. The molecule has 6 heteroatoms. The average molecular weight is 465 g/mol. The Balaban J connectivity index is 1.43. The number of rotatable bonds is 8. The summed E-state index contributed by atoms with van der Waals surface area (Å²) in [4.78, 5) is 17.0. The first kappa shape index (κ1) is 22.7. The zero-order chi connectivity index (χ0) is 24.2. The number of hydrogen-bond donors (Lipinski definition) is 1. The van der Waals surface area contributed by atoms with Gasteiger partial charge in [-0.05, 0) is 68.1 Å². The van der Waals surface area contributed by atoms with E-state index in [0.717, 1.165) is 46.4 Å². The fourth-order valence-corrected chi connectivity index (χ4v) is 4.70. The van der Waals surface area contributed by atoms with Crippen LogP contribution in [0.15, 0.2) is 66.9 Å². The Labute approximate surface area is 205 Å². The molecule has 2 aromatic heterocycles. The van der Waals surface area contributed by atoms with Gasteiger partial charge in [-0.15, -0.1) is 0 Å². The SMILES string of the molecule is CCOc1ccc2c(C#N)c(-c3ccc(C(=O)NCCc4ccccn4)cc3)n(C3CCC3)c2c1. The van der Waals surface area contributed by atoms with Crippen LogP contribution in [-0.4, -0.2) is 28.6 Å². The van der Waals surface area contributed by atoms with E-state index in [0.29, 0.717) is 36.7 Å². The summed E-state index contributed by atoms with van der Waals surface area (Å²) in [5.74, 6) is 0.695. The molecule has 1 N–H and O–H groups in total. The van der Waals surface area contributed by atoms with E-state index in [1.54, 1.807) is 6.20 Å². The lowest BCUT2D eigenvalue weighted by atomic mass is 9.92. The van der Waals surface area contributed by atoms with E-state index < -0.39 is 0 Å². The Morgan fingerprint density at radius 1 is 1.17 bits per heavy atom. The molecule has 0 atom stereocenters. The summed E-state index contributed by atoms with van der Waals surface area (Å²) in [5.41, 5.74) is 5.10. The maximum absolute atomic E-state index is 12.7. The summed E-state index contributed by atoms with van der Waals surface area (Å²) >= 11 is 0. The van der Waals surface area contributed by atoms with E-state index in [1.165, 1.54) is 6.42 Å². The predicted molar refractivity (Wildman–Crippen MR) is 136 cm³/mol. The summed E-state index contributed by atoms with van der Waals surface area (Å²) in [6.45, 7) is 3.09. The molecule has 1 amide bonds. The van der Waals surface area contributed by atoms with Crippen molar-refractivity contribution in [3.05, 3.63) is 83.7 Å². The summed E-state index contributed by atoms with van der Waals surface area (Å²) in [6.07, 6.45) is 5.82. The lowest BCUT2D eigenvalue weighted by molar-refractivity contribution is 0.0954. The molecule has 6 nitrogen and oxygen atoms in total. The minimum absolute atomic E-state index is 0.117. The predicted octanol–water partition coefficient (Wildman–Crippen LogP) is 5.67. The molecule has 1 aliphatic carbocycles. The summed E-state index contributed by atoms with van der Waals surface area (Å²) in [6, 6.07) is 22.1. The number of hydrogen-bond acceptors (Lipinski definition) is 4. The normalized spacial score (nSPS) is 13.3. The van der Waals surface area contributed by atoms with Crippen molar-refractivity contribution in [3.63, 3.8) is 0 Å². The van der Waals surface area contributed by atoms with Gasteiger partial charge in [0.2, 0.25) is 0 Å². The van der Waals surface area contributed by atoms with Gasteiger partial charge in [-0.1, -0.05) is 18.2 Å². The van der Waals surface area contributed by atoms with Gasteiger partial charge in [0.15, 0.2) is 0 Å². The largest absolute Gasteiger partial charge is 0.494 e. The van der Waals surface area contributed by atoms with E-state index in [4.69, 9.17) is 4.74 Å². The number of nitrogens with one attached hydrogen (secondary N) is 1. The minimum Gasteiger partial charge on any atom is -0.494 e. The van der Waals surface area contributed by atoms with Crippen molar-refractivity contribution >= 4 is 16.8 Å². The maximum Gasteiger partial charge on any atom is 0.251 e. The van der Waals surface area contributed by atoms with Crippen molar-refractivity contribution < 1.29 is 9.53 Å². The molecule has 0 saturated heterocycles. The fourth-order valence-electron chi connectivity index (χ4n) is 4.70. The van der Waals surface area contributed by atoms with Crippen LogP contribution in [0.2, 0.25) is 0 Å². The molecule has 4 aromatic rings. The molecule has 2 heterocycles. The van der Waals surface area contributed by atoms with Gasteiger partial charge < -0.3 is 14.6 Å². The first-order chi connectivity index (χ1) is 17.2. The molecule has 0 radical (unpaired) electrons. The molecular weight excluding hydrogens is 436 g/mol. The van der Waals surface area contributed by atoms with Crippen LogP contribution in [0.25, 0.3) is 22.2 Å². The summed E-state index contributed by atoms with van der Waals surface area (Å²) in [5, 5.41) is 14.0. The number of carbonyl (C=O) groups is 1. The molecule has 5 rings (SSSR count). The fraction of sp³-hybridized carbons (Fsp3) is 0.276.